The van der Waals surface area contributed by atoms with Gasteiger partial charge in [-0.2, -0.15) is 0 Å². The minimum absolute atomic E-state index is 0.0274. The molecule has 0 aliphatic carbocycles. The Hall–Kier alpha value is -1.49. The number of nitrogens with one attached hydrogen (secondary N) is 1. The van der Waals surface area contributed by atoms with E-state index in [1.54, 1.807) is 6.92 Å². The molecule has 0 aromatic heterocycles. The molecule has 1 heterocycles. The molecular formula is C13H15F2NO2. The zero-order valence-electron chi connectivity index (χ0n) is 10.1. The lowest BCUT2D eigenvalue weighted by Crippen LogP contribution is -2.32. The Morgan fingerprint density at radius 2 is 2.17 bits per heavy atom. The van der Waals surface area contributed by atoms with Crippen molar-refractivity contribution in [3.8, 4) is 0 Å². The summed E-state index contributed by atoms with van der Waals surface area (Å²) in [6.45, 7) is 2.69. The summed E-state index contributed by atoms with van der Waals surface area (Å²) < 4.78 is 31.4. The highest BCUT2D eigenvalue weighted by molar-refractivity contribution is 5.95. The third kappa shape index (κ3) is 2.85. The Morgan fingerprint density at radius 1 is 1.44 bits per heavy atom. The van der Waals surface area contributed by atoms with Crippen LogP contribution < -0.4 is 5.32 Å². The van der Waals surface area contributed by atoms with Crippen LogP contribution in [0.1, 0.15) is 28.8 Å². The number of halogens is 2. The molecule has 98 valence electrons. The number of rotatable bonds is 3. The summed E-state index contributed by atoms with van der Waals surface area (Å²) in [5.74, 6) is -2.35. The third-order valence-corrected chi connectivity index (χ3v) is 3.03. The first-order chi connectivity index (χ1) is 8.58. The van der Waals surface area contributed by atoms with Gasteiger partial charge in [-0.1, -0.05) is 0 Å². The van der Waals surface area contributed by atoms with E-state index < -0.39 is 17.5 Å². The topological polar surface area (TPSA) is 38.3 Å². The second-order valence-corrected chi connectivity index (χ2v) is 4.43. The van der Waals surface area contributed by atoms with Gasteiger partial charge in [-0.3, -0.25) is 4.79 Å². The van der Waals surface area contributed by atoms with Gasteiger partial charge in [0.2, 0.25) is 0 Å². The van der Waals surface area contributed by atoms with Gasteiger partial charge in [0, 0.05) is 18.7 Å². The molecule has 5 heteroatoms. The highest BCUT2D eigenvalue weighted by Gasteiger charge is 2.18. The van der Waals surface area contributed by atoms with Crippen LogP contribution in [-0.2, 0) is 4.74 Å². The van der Waals surface area contributed by atoms with Crippen LogP contribution in [0.5, 0.6) is 0 Å². The molecule has 0 unspecified atom stereocenters. The van der Waals surface area contributed by atoms with Gasteiger partial charge in [0.25, 0.3) is 5.91 Å². The van der Waals surface area contributed by atoms with E-state index in [1.165, 1.54) is 0 Å². The highest BCUT2D eigenvalue weighted by Crippen LogP contribution is 2.15. The Kier molecular flexibility index (Phi) is 3.91. The summed E-state index contributed by atoms with van der Waals surface area (Å²) in [5, 5.41) is 2.68. The quantitative estimate of drug-likeness (QED) is 0.899. The fourth-order valence-electron chi connectivity index (χ4n) is 2.00. The minimum Gasteiger partial charge on any atom is -0.376 e. The number of amides is 1. The molecule has 2 rings (SSSR count). The number of carbonyl (C=O) groups is 1. The van der Waals surface area contributed by atoms with E-state index in [2.05, 4.69) is 5.32 Å². The number of hydrogen-bond acceptors (Lipinski definition) is 2. The van der Waals surface area contributed by atoms with Gasteiger partial charge >= 0.3 is 0 Å². The molecule has 1 fully saturated rings. The van der Waals surface area contributed by atoms with E-state index in [1.807, 2.05) is 0 Å². The lowest BCUT2D eigenvalue weighted by atomic mass is 10.1. The summed E-state index contributed by atoms with van der Waals surface area (Å²) in [6, 6.07) is 1.95. The Bertz CT molecular complexity index is 457. The SMILES string of the molecule is Cc1cc(F)c(F)cc1C(=O)NC[C@@H]1CCCO1. The fraction of sp³-hybridized carbons (Fsp3) is 0.462. The van der Waals surface area contributed by atoms with Crippen LogP contribution >= 0.6 is 0 Å². The molecule has 18 heavy (non-hydrogen) atoms. The normalized spacial score (nSPS) is 18.9. The monoisotopic (exact) mass is 255 g/mol. The lowest BCUT2D eigenvalue weighted by molar-refractivity contribution is 0.0857. The average Bonchev–Trinajstić information content (AvgIpc) is 2.84. The van der Waals surface area contributed by atoms with Crippen LogP contribution in [0.3, 0.4) is 0 Å². The fourth-order valence-corrected chi connectivity index (χ4v) is 2.00. The average molecular weight is 255 g/mol. The van der Waals surface area contributed by atoms with Crippen molar-refractivity contribution in [2.45, 2.75) is 25.9 Å². The molecule has 0 bridgehead atoms. The third-order valence-electron chi connectivity index (χ3n) is 3.03. The van der Waals surface area contributed by atoms with Gasteiger partial charge in [-0.25, -0.2) is 8.78 Å². The van der Waals surface area contributed by atoms with Crippen molar-refractivity contribution in [1.29, 1.82) is 0 Å². The zero-order valence-corrected chi connectivity index (χ0v) is 10.1. The number of aryl methyl sites for hydroxylation is 1. The molecule has 1 aromatic rings. The predicted octanol–water partition coefficient (Wildman–Crippen LogP) is 2.18. The zero-order chi connectivity index (χ0) is 13.1. The van der Waals surface area contributed by atoms with Crippen molar-refractivity contribution in [1.82, 2.24) is 5.32 Å². The van der Waals surface area contributed by atoms with Gasteiger partial charge < -0.3 is 10.1 Å². The molecule has 0 spiro atoms. The molecule has 1 aliphatic heterocycles. The van der Waals surface area contributed by atoms with E-state index in [4.69, 9.17) is 4.74 Å². The summed E-state index contributed by atoms with van der Waals surface area (Å²) in [4.78, 5) is 11.8. The molecule has 3 nitrogen and oxygen atoms in total. The number of benzene rings is 1. The maximum atomic E-state index is 13.1. The van der Waals surface area contributed by atoms with Crippen molar-refractivity contribution in [3.63, 3.8) is 0 Å². The molecule has 1 aromatic carbocycles. The molecule has 1 saturated heterocycles. The van der Waals surface area contributed by atoms with Gasteiger partial charge in [0.1, 0.15) is 0 Å². The predicted molar refractivity (Wildman–Crippen MR) is 62.4 cm³/mol. The molecule has 0 saturated carbocycles. The minimum atomic E-state index is -1.01. The van der Waals surface area contributed by atoms with Crippen LogP contribution in [0.4, 0.5) is 8.78 Å². The smallest absolute Gasteiger partial charge is 0.251 e. The van der Waals surface area contributed by atoms with Crippen molar-refractivity contribution in [2.24, 2.45) is 0 Å². The largest absolute Gasteiger partial charge is 0.376 e. The standard InChI is InChI=1S/C13H15F2NO2/c1-8-5-11(14)12(15)6-10(8)13(17)16-7-9-3-2-4-18-9/h5-6,9H,2-4,7H2,1H3,(H,16,17)/t9-/m0/s1. The molecular weight excluding hydrogens is 240 g/mol. The van der Waals surface area contributed by atoms with Gasteiger partial charge in [-0.05, 0) is 37.5 Å². The number of ether oxygens (including phenoxy) is 1. The van der Waals surface area contributed by atoms with Crippen LogP contribution in [-0.4, -0.2) is 25.2 Å². The van der Waals surface area contributed by atoms with E-state index in [0.717, 1.165) is 25.0 Å². The summed E-state index contributed by atoms with van der Waals surface area (Å²) in [6.07, 6.45) is 1.93. The summed E-state index contributed by atoms with van der Waals surface area (Å²) in [7, 11) is 0. The van der Waals surface area contributed by atoms with Crippen molar-refractivity contribution < 1.29 is 18.3 Å². The van der Waals surface area contributed by atoms with Crippen LogP contribution in [0.25, 0.3) is 0 Å². The first-order valence-electron chi connectivity index (χ1n) is 5.93. The van der Waals surface area contributed by atoms with Crippen molar-refractivity contribution in [2.75, 3.05) is 13.2 Å². The van der Waals surface area contributed by atoms with Gasteiger partial charge in [0.05, 0.1) is 6.10 Å². The summed E-state index contributed by atoms with van der Waals surface area (Å²) in [5.41, 5.74) is 0.575. The first-order valence-corrected chi connectivity index (χ1v) is 5.93. The molecule has 0 radical (unpaired) electrons. The second-order valence-electron chi connectivity index (χ2n) is 4.43. The maximum Gasteiger partial charge on any atom is 0.251 e. The van der Waals surface area contributed by atoms with Crippen molar-refractivity contribution in [3.05, 3.63) is 34.9 Å². The van der Waals surface area contributed by atoms with Crippen LogP contribution in [0, 0.1) is 18.6 Å². The summed E-state index contributed by atoms with van der Waals surface area (Å²) >= 11 is 0. The number of hydrogen-bond donors (Lipinski definition) is 1. The number of carbonyl (C=O) groups excluding carboxylic acids is 1. The second kappa shape index (κ2) is 5.44. The van der Waals surface area contributed by atoms with Gasteiger partial charge in [0.15, 0.2) is 11.6 Å². The lowest BCUT2D eigenvalue weighted by Gasteiger charge is -2.12. The maximum absolute atomic E-state index is 13.1. The highest BCUT2D eigenvalue weighted by atomic mass is 19.2. The molecule has 1 atom stereocenters. The van der Waals surface area contributed by atoms with Crippen molar-refractivity contribution >= 4 is 5.91 Å². The Labute approximate surface area is 104 Å². The van der Waals surface area contributed by atoms with E-state index in [9.17, 15) is 13.6 Å². The molecule has 1 N–H and O–H groups in total. The molecule has 1 aliphatic rings. The Balaban J connectivity index is 2.01. The van der Waals surface area contributed by atoms with E-state index >= 15 is 0 Å². The van der Waals surface area contributed by atoms with Gasteiger partial charge in [-0.15, -0.1) is 0 Å². The van der Waals surface area contributed by atoms with Crippen LogP contribution in [0.2, 0.25) is 0 Å². The van der Waals surface area contributed by atoms with Crippen LogP contribution in [0.15, 0.2) is 12.1 Å². The Morgan fingerprint density at radius 3 is 2.83 bits per heavy atom. The first kappa shape index (κ1) is 13.0. The molecule has 1 amide bonds. The van der Waals surface area contributed by atoms with E-state index in [-0.39, 0.29) is 11.7 Å². The van der Waals surface area contributed by atoms with E-state index in [0.29, 0.717) is 18.7 Å².